The van der Waals surface area contributed by atoms with Crippen LogP contribution >= 0.6 is 0 Å². The fourth-order valence-corrected chi connectivity index (χ4v) is 1.59. The maximum absolute atomic E-state index is 11.8. The molecule has 0 radical (unpaired) electrons. The molecule has 0 saturated heterocycles. The number of carbonyl (C=O) groups is 3. The number of rotatable bonds is 6. The minimum atomic E-state index is -0.728. The van der Waals surface area contributed by atoms with Crippen molar-refractivity contribution in [2.75, 3.05) is 26.1 Å². The zero-order valence-electron chi connectivity index (χ0n) is 12.6. The van der Waals surface area contributed by atoms with Crippen molar-refractivity contribution in [1.82, 2.24) is 5.32 Å². The minimum Gasteiger partial charge on any atom is -0.466 e. The number of anilines is 1. The first-order valence-electron chi connectivity index (χ1n) is 6.55. The van der Waals surface area contributed by atoms with Crippen LogP contribution in [-0.4, -0.2) is 38.6 Å². The first-order chi connectivity index (χ1) is 10.5. The standard InChI is InChI=1S/C15H18N2O5/c1-4-16-14(19)10-6-5-7-11(8-10)17-12(15(20)22-3)9-13(18)21-2/h5-9,17H,4H2,1-3H3,(H,16,19)/b12-9+. The molecule has 0 atom stereocenters. The number of carbonyl (C=O) groups excluding carboxylic acids is 3. The summed E-state index contributed by atoms with van der Waals surface area (Å²) in [5.41, 5.74) is 0.792. The Morgan fingerprint density at radius 2 is 1.91 bits per heavy atom. The lowest BCUT2D eigenvalue weighted by atomic mass is 10.2. The van der Waals surface area contributed by atoms with Gasteiger partial charge < -0.3 is 20.1 Å². The van der Waals surface area contributed by atoms with Gasteiger partial charge >= 0.3 is 11.9 Å². The summed E-state index contributed by atoms with van der Waals surface area (Å²) >= 11 is 0. The number of esters is 2. The van der Waals surface area contributed by atoms with Gasteiger partial charge in [0.2, 0.25) is 0 Å². The summed E-state index contributed by atoms with van der Waals surface area (Å²) in [6, 6.07) is 6.49. The zero-order valence-corrected chi connectivity index (χ0v) is 12.6. The fraction of sp³-hybridized carbons (Fsp3) is 0.267. The molecule has 2 N–H and O–H groups in total. The van der Waals surface area contributed by atoms with Crippen LogP contribution in [0.2, 0.25) is 0 Å². The van der Waals surface area contributed by atoms with Crippen LogP contribution in [0.25, 0.3) is 0 Å². The molecule has 1 rings (SSSR count). The van der Waals surface area contributed by atoms with Crippen LogP contribution in [-0.2, 0) is 19.1 Å². The molecule has 0 aliphatic heterocycles. The molecule has 0 aliphatic carbocycles. The van der Waals surface area contributed by atoms with E-state index < -0.39 is 11.9 Å². The van der Waals surface area contributed by atoms with E-state index in [9.17, 15) is 14.4 Å². The Kier molecular flexibility index (Phi) is 6.62. The molecule has 7 nitrogen and oxygen atoms in total. The van der Waals surface area contributed by atoms with Crippen LogP contribution in [0.3, 0.4) is 0 Å². The normalized spacial score (nSPS) is 10.6. The van der Waals surface area contributed by atoms with Gasteiger partial charge in [0.15, 0.2) is 0 Å². The first-order valence-corrected chi connectivity index (χ1v) is 6.55. The molecule has 0 aliphatic rings. The molecule has 0 saturated carbocycles. The average molecular weight is 306 g/mol. The van der Waals surface area contributed by atoms with Crippen molar-refractivity contribution in [3.05, 3.63) is 41.6 Å². The lowest BCUT2D eigenvalue weighted by Gasteiger charge is -2.10. The number of methoxy groups -OCH3 is 2. The SMILES string of the molecule is CCNC(=O)c1cccc(N/C(=C/C(=O)OC)C(=O)OC)c1. The minimum absolute atomic E-state index is 0.0950. The lowest BCUT2D eigenvalue weighted by Crippen LogP contribution is -2.22. The van der Waals surface area contributed by atoms with Crippen LogP contribution in [0.5, 0.6) is 0 Å². The summed E-state index contributed by atoms with van der Waals surface area (Å²) in [6.07, 6.45) is 0.977. The predicted octanol–water partition coefficient (Wildman–Crippen LogP) is 1.08. The molecule has 7 heteroatoms. The molecule has 118 valence electrons. The van der Waals surface area contributed by atoms with Gasteiger partial charge in [-0.15, -0.1) is 0 Å². The van der Waals surface area contributed by atoms with Gasteiger partial charge in [0.1, 0.15) is 5.70 Å². The molecule has 0 fully saturated rings. The van der Waals surface area contributed by atoms with E-state index in [1.807, 2.05) is 6.92 Å². The summed E-state index contributed by atoms with van der Waals surface area (Å²) in [7, 11) is 2.39. The highest BCUT2D eigenvalue weighted by Crippen LogP contribution is 2.14. The molecule has 22 heavy (non-hydrogen) atoms. The van der Waals surface area contributed by atoms with Crippen molar-refractivity contribution >= 4 is 23.5 Å². The Balaban J connectivity index is 3.01. The van der Waals surface area contributed by atoms with Gasteiger partial charge in [0, 0.05) is 17.8 Å². The van der Waals surface area contributed by atoms with Crippen molar-refractivity contribution in [3.8, 4) is 0 Å². The Bertz CT molecular complexity index is 595. The number of nitrogens with one attached hydrogen (secondary N) is 2. The number of hydrogen-bond acceptors (Lipinski definition) is 6. The van der Waals surface area contributed by atoms with Gasteiger partial charge in [-0.1, -0.05) is 6.07 Å². The Hall–Kier alpha value is -2.83. The third kappa shape index (κ3) is 4.93. The Labute approximate surface area is 128 Å². The van der Waals surface area contributed by atoms with E-state index in [-0.39, 0.29) is 11.6 Å². The number of ether oxygens (including phenoxy) is 2. The summed E-state index contributed by atoms with van der Waals surface area (Å²) in [4.78, 5) is 34.7. The first kappa shape index (κ1) is 17.2. The van der Waals surface area contributed by atoms with E-state index in [2.05, 4.69) is 20.1 Å². The topological polar surface area (TPSA) is 93.7 Å². The molecular weight excluding hydrogens is 288 g/mol. The van der Waals surface area contributed by atoms with Crippen LogP contribution in [0.15, 0.2) is 36.0 Å². The number of amides is 1. The Morgan fingerprint density at radius 3 is 2.50 bits per heavy atom. The fourth-order valence-electron chi connectivity index (χ4n) is 1.59. The number of hydrogen-bond donors (Lipinski definition) is 2. The van der Waals surface area contributed by atoms with Gasteiger partial charge in [0.25, 0.3) is 5.91 Å². The van der Waals surface area contributed by atoms with Gasteiger partial charge in [0.05, 0.1) is 20.3 Å². The maximum Gasteiger partial charge on any atom is 0.354 e. The molecule has 1 amide bonds. The highest BCUT2D eigenvalue weighted by Gasteiger charge is 2.13. The summed E-state index contributed by atoms with van der Waals surface area (Å²) in [5, 5.41) is 5.41. The third-order valence-electron chi connectivity index (χ3n) is 2.61. The van der Waals surface area contributed by atoms with Crippen molar-refractivity contribution < 1.29 is 23.9 Å². The van der Waals surface area contributed by atoms with Crippen molar-refractivity contribution in [2.24, 2.45) is 0 Å². The van der Waals surface area contributed by atoms with Gasteiger partial charge in [-0.3, -0.25) is 4.79 Å². The van der Waals surface area contributed by atoms with Crippen molar-refractivity contribution in [2.45, 2.75) is 6.92 Å². The largest absolute Gasteiger partial charge is 0.466 e. The molecule has 0 spiro atoms. The molecule has 1 aromatic rings. The van der Waals surface area contributed by atoms with Gasteiger partial charge in [-0.25, -0.2) is 9.59 Å². The number of benzene rings is 1. The Morgan fingerprint density at radius 1 is 1.18 bits per heavy atom. The van der Waals surface area contributed by atoms with E-state index in [0.717, 1.165) is 6.08 Å². The van der Waals surface area contributed by atoms with Crippen molar-refractivity contribution in [3.63, 3.8) is 0 Å². The van der Waals surface area contributed by atoms with E-state index >= 15 is 0 Å². The van der Waals surface area contributed by atoms with Gasteiger partial charge in [-0.05, 0) is 25.1 Å². The quantitative estimate of drug-likeness (QED) is 0.603. The van der Waals surface area contributed by atoms with Crippen LogP contribution < -0.4 is 10.6 Å². The zero-order chi connectivity index (χ0) is 16.5. The van der Waals surface area contributed by atoms with Crippen LogP contribution in [0.1, 0.15) is 17.3 Å². The monoisotopic (exact) mass is 306 g/mol. The van der Waals surface area contributed by atoms with E-state index in [1.54, 1.807) is 24.3 Å². The van der Waals surface area contributed by atoms with Crippen LogP contribution in [0.4, 0.5) is 5.69 Å². The molecule has 1 aromatic carbocycles. The highest BCUT2D eigenvalue weighted by atomic mass is 16.5. The summed E-state index contributed by atoms with van der Waals surface area (Å²) in [5.74, 6) is -1.66. The molecule has 0 aromatic heterocycles. The van der Waals surface area contributed by atoms with E-state index in [4.69, 9.17) is 0 Å². The van der Waals surface area contributed by atoms with Crippen molar-refractivity contribution in [1.29, 1.82) is 0 Å². The molecular formula is C15H18N2O5. The highest BCUT2D eigenvalue weighted by molar-refractivity contribution is 5.99. The lowest BCUT2D eigenvalue weighted by molar-refractivity contribution is -0.138. The van der Waals surface area contributed by atoms with E-state index in [0.29, 0.717) is 17.8 Å². The second kappa shape index (κ2) is 8.46. The molecule has 0 bridgehead atoms. The second-order valence-electron chi connectivity index (χ2n) is 4.14. The summed E-state index contributed by atoms with van der Waals surface area (Å²) < 4.78 is 9.07. The molecule has 0 heterocycles. The smallest absolute Gasteiger partial charge is 0.354 e. The van der Waals surface area contributed by atoms with Gasteiger partial charge in [-0.2, -0.15) is 0 Å². The summed E-state index contributed by atoms with van der Waals surface area (Å²) in [6.45, 7) is 2.32. The average Bonchev–Trinajstić information content (AvgIpc) is 2.53. The van der Waals surface area contributed by atoms with E-state index in [1.165, 1.54) is 14.2 Å². The predicted molar refractivity (Wildman–Crippen MR) is 80.2 cm³/mol. The van der Waals surface area contributed by atoms with Crippen LogP contribution in [0, 0.1) is 0 Å². The molecule has 0 unspecified atom stereocenters. The third-order valence-corrected chi connectivity index (χ3v) is 2.61. The maximum atomic E-state index is 11.8. The second-order valence-corrected chi connectivity index (χ2v) is 4.14.